The van der Waals surface area contributed by atoms with E-state index in [1.54, 1.807) is 0 Å². The number of hydrogen-bond donors (Lipinski definition) is 1. The van der Waals surface area contributed by atoms with Gasteiger partial charge in [-0.25, -0.2) is 0 Å². The lowest BCUT2D eigenvalue weighted by Crippen LogP contribution is -2.32. The molecule has 186 valence electrons. The largest absolute Gasteiger partial charge is 0.573 e. The van der Waals surface area contributed by atoms with Crippen molar-refractivity contribution in [3.05, 3.63) is 54.1 Å². The second-order valence-corrected chi connectivity index (χ2v) is 10.2. The maximum atomic E-state index is 12.4. The zero-order chi connectivity index (χ0) is 25.7. The van der Waals surface area contributed by atoms with Gasteiger partial charge >= 0.3 is 6.36 Å². The Hall–Kier alpha value is -3.03. The Balaban J connectivity index is 2.04. The van der Waals surface area contributed by atoms with Gasteiger partial charge in [0, 0.05) is 37.3 Å². The van der Waals surface area contributed by atoms with Crippen LogP contribution in [0.5, 0.6) is 5.75 Å². The van der Waals surface area contributed by atoms with Crippen LogP contribution < -0.4 is 15.0 Å². The summed E-state index contributed by atoms with van der Waals surface area (Å²) in [6, 6.07) is 12.8. The molecule has 2 amide bonds. The summed E-state index contributed by atoms with van der Waals surface area (Å²) in [5.74, 6) is -1.07. The summed E-state index contributed by atoms with van der Waals surface area (Å²) in [6.45, 7) is 12.5. The minimum absolute atomic E-state index is 0.0266. The predicted molar refractivity (Wildman–Crippen MR) is 128 cm³/mol. The molecular formula is C26H33F3N2O3. The molecule has 0 aliphatic carbocycles. The summed E-state index contributed by atoms with van der Waals surface area (Å²) >= 11 is 0. The van der Waals surface area contributed by atoms with Crippen LogP contribution >= 0.6 is 0 Å². The molecule has 2 aromatic carbocycles. The zero-order valence-electron chi connectivity index (χ0n) is 20.5. The average molecular weight is 479 g/mol. The van der Waals surface area contributed by atoms with Gasteiger partial charge in [-0.15, -0.1) is 13.2 Å². The van der Waals surface area contributed by atoms with Crippen molar-refractivity contribution in [1.82, 2.24) is 0 Å². The molecule has 2 aromatic rings. The van der Waals surface area contributed by atoms with Crippen LogP contribution in [-0.4, -0.2) is 24.7 Å². The van der Waals surface area contributed by atoms with Crippen molar-refractivity contribution < 1.29 is 27.5 Å². The van der Waals surface area contributed by atoms with Crippen LogP contribution in [0.25, 0.3) is 0 Å². The van der Waals surface area contributed by atoms with Crippen molar-refractivity contribution in [2.75, 3.05) is 16.8 Å². The molecule has 34 heavy (non-hydrogen) atoms. The topological polar surface area (TPSA) is 58.6 Å². The number of benzene rings is 2. The molecule has 0 bridgehead atoms. The van der Waals surface area contributed by atoms with Crippen LogP contribution in [0, 0.1) is 5.41 Å². The minimum atomic E-state index is -4.82. The highest BCUT2D eigenvalue weighted by molar-refractivity contribution is 5.94. The molecular weight excluding hydrogens is 445 g/mol. The highest BCUT2D eigenvalue weighted by atomic mass is 19.4. The third-order valence-electron chi connectivity index (χ3n) is 5.23. The number of anilines is 2. The molecule has 0 saturated heterocycles. The first-order chi connectivity index (χ1) is 15.6. The number of halogens is 3. The molecule has 0 fully saturated rings. The Morgan fingerprint density at radius 1 is 0.971 bits per heavy atom. The first-order valence-corrected chi connectivity index (χ1v) is 11.1. The maximum Gasteiger partial charge on any atom is 0.573 e. The van der Waals surface area contributed by atoms with Gasteiger partial charge in [-0.1, -0.05) is 52.8 Å². The Morgan fingerprint density at radius 3 is 2.12 bits per heavy atom. The molecule has 0 radical (unpaired) electrons. The highest BCUT2D eigenvalue weighted by Crippen LogP contribution is 2.36. The lowest BCUT2D eigenvalue weighted by Gasteiger charge is -2.33. The molecule has 1 N–H and O–H groups in total. The number of hydrogen-bond acceptors (Lipinski definition) is 3. The zero-order valence-corrected chi connectivity index (χ0v) is 20.5. The Bertz CT molecular complexity index is 994. The van der Waals surface area contributed by atoms with E-state index in [4.69, 9.17) is 0 Å². The number of amides is 2. The van der Waals surface area contributed by atoms with Crippen molar-refractivity contribution in [1.29, 1.82) is 0 Å². The Morgan fingerprint density at radius 2 is 1.59 bits per heavy atom. The summed E-state index contributed by atoms with van der Waals surface area (Å²) < 4.78 is 41.1. The van der Waals surface area contributed by atoms with E-state index in [1.165, 1.54) is 24.0 Å². The average Bonchev–Trinajstić information content (AvgIpc) is 2.65. The van der Waals surface area contributed by atoms with Gasteiger partial charge in [-0.2, -0.15) is 0 Å². The third kappa shape index (κ3) is 8.72. The Labute approximate surface area is 199 Å². The Kier molecular flexibility index (Phi) is 8.40. The van der Waals surface area contributed by atoms with Crippen LogP contribution in [0.3, 0.4) is 0 Å². The van der Waals surface area contributed by atoms with Crippen molar-refractivity contribution in [2.24, 2.45) is 5.41 Å². The molecule has 0 spiro atoms. The lowest BCUT2D eigenvalue weighted by molar-refractivity contribution is -0.274. The van der Waals surface area contributed by atoms with Crippen LogP contribution in [0.1, 0.15) is 59.9 Å². The van der Waals surface area contributed by atoms with E-state index in [0.717, 1.165) is 24.1 Å². The van der Waals surface area contributed by atoms with E-state index in [-0.39, 0.29) is 35.4 Å². The van der Waals surface area contributed by atoms with E-state index < -0.39 is 18.0 Å². The normalized spacial score (nSPS) is 12.3. The second kappa shape index (κ2) is 10.5. The van der Waals surface area contributed by atoms with Crippen molar-refractivity contribution in [3.8, 4) is 5.75 Å². The molecule has 0 atom stereocenters. The van der Waals surface area contributed by atoms with Crippen LogP contribution in [0.2, 0.25) is 0 Å². The van der Waals surface area contributed by atoms with Crippen LogP contribution in [0.4, 0.5) is 24.5 Å². The number of alkyl halides is 3. The number of carbonyl (C=O) groups is 2. The van der Waals surface area contributed by atoms with E-state index in [1.807, 2.05) is 24.3 Å². The molecule has 0 aromatic heterocycles. The summed E-state index contributed by atoms with van der Waals surface area (Å²) in [4.78, 5) is 26.1. The monoisotopic (exact) mass is 478 g/mol. The number of nitrogens with one attached hydrogen (secondary N) is 1. The van der Waals surface area contributed by atoms with E-state index >= 15 is 0 Å². The van der Waals surface area contributed by atoms with E-state index in [0.29, 0.717) is 5.69 Å². The summed E-state index contributed by atoms with van der Waals surface area (Å²) in [5, 5.41) is 2.54. The van der Waals surface area contributed by atoms with Gasteiger partial charge in [0.25, 0.3) is 0 Å². The summed E-state index contributed by atoms with van der Waals surface area (Å²) in [5.41, 5.74) is 2.14. The van der Waals surface area contributed by atoms with Gasteiger partial charge in [0.2, 0.25) is 11.8 Å². The van der Waals surface area contributed by atoms with Crippen LogP contribution in [-0.2, 0) is 15.0 Å². The molecule has 8 heteroatoms. The molecule has 2 rings (SSSR count). The van der Waals surface area contributed by atoms with Gasteiger partial charge in [0.1, 0.15) is 5.75 Å². The SMILES string of the molecule is CC(=O)N(CCC(=O)Nc1cccc(OC(F)(F)F)c1)c1ccc(C(C)(C)CC(C)(C)C)cc1. The van der Waals surface area contributed by atoms with Crippen LogP contribution in [0.15, 0.2) is 48.5 Å². The molecule has 0 aliphatic heterocycles. The molecule has 0 saturated carbocycles. The standard InChI is InChI=1S/C26H33F3N2O3/c1-18(32)31(21-12-10-19(11-13-21)25(5,6)17-24(2,3)4)15-14-23(33)30-20-8-7-9-22(16-20)34-26(27,28)29/h7-13,16H,14-15,17H2,1-6H3,(H,30,33). The first kappa shape index (κ1) is 27.2. The quantitative estimate of drug-likeness (QED) is 0.460. The number of rotatable bonds is 8. The van der Waals surface area contributed by atoms with Crippen molar-refractivity contribution in [2.45, 2.75) is 66.2 Å². The lowest BCUT2D eigenvalue weighted by atomic mass is 9.72. The van der Waals surface area contributed by atoms with Gasteiger partial charge in [0.15, 0.2) is 0 Å². The van der Waals surface area contributed by atoms with Crippen molar-refractivity contribution >= 4 is 23.2 Å². The van der Waals surface area contributed by atoms with Crippen molar-refractivity contribution in [3.63, 3.8) is 0 Å². The van der Waals surface area contributed by atoms with Gasteiger partial charge in [-0.05, 0) is 47.1 Å². The fraction of sp³-hybridized carbons (Fsp3) is 0.462. The number of ether oxygens (including phenoxy) is 1. The van der Waals surface area contributed by atoms with E-state index in [2.05, 4.69) is 44.7 Å². The molecule has 0 heterocycles. The fourth-order valence-corrected chi connectivity index (χ4v) is 4.20. The third-order valence-corrected chi connectivity index (χ3v) is 5.23. The predicted octanol–water partition coefficient (Wildman–Crippen LogP) is 6.68. The van der Waals surface area contributed by atoms with Gasteiger partial charge in [0.05, 0.1) is 0 Å². The fourth-order valence-electron chi connectivity index (χ4n) is 4.20. The molecule has 5 nitrogen and oxygen atoms in total. The van der Waals surface area contributed by atoms with Gasteiger partial charge < -0.3 is 15.0 Å². The number of nitrogens with zero attached hydrogens (tertiary/aromatic N) is 1. The molecule has 0 unspecified atom stereocenters. The first-order valence-electron chi connectivity index (χ1n) is 11.1. The summed E-state index contributed by atoms with van der Waals surface area (Å²) in [7, 11) is 0. The minimum Gasteiger partial charge on any atom is -0.406 e. The second-order valence-electron chi connectivity index (χ2n) is 10.2. The molecule has 0 aliphatic rings. The smallest absolute Gasteiger partial charge is 0.406 e. The highest BCUT2D eigenvalue weighted by Gasteiger charge is 2.31. The maximum absolute atomic E-state index is 12.4. The number of carbonyl (C=O) groups excluding carboxylic acids is 2. The summed E-state index contributed by atoms with van der Waals surface area (Å²) in [6.07, 6.45) is -3.85. The van der Waals surface area contributed by atoms with E-state index in [9.17, 15) is 22.8 Å². The van der Waals surface area contributed by atoms with Gasteiger partial charge in [-0.3, -0.25) is 9.59 Å².